The summed E-state index contributed by atoms with van der Waals surface area (Å²) < 4.78 is 1.94. The molecule has 3 aromatic rings. The maximum absolute atomic E-state index is 10.5. The van der Waals surface area contributed by atoms with Gasteiger partial charge in [-0.3, -0.25) is 5.10 Å². The zero-order valence-corrected chi connectivity index (χ0v) is 13.6. The van der Waals surface area contributed by atoms with Gasteiger partial charge in [-0.25, -0.2) is 4.68 Å². The molecule has 0 radical (unpaired) electrons. The Morgan fingerprint density at radius 3 is 2.61 bits per heavy atom. The van der Waals surface area contributed by atoms with Gasteiger partial charge in [0.05, 0.1) is 23.3 Å². The molecule has 0 saturated carbocycles. The van der Waals surface area contributed by atoms with Crippen molar-refractivity contribution < 1.29 is 5.11 Å². The van der Waals surface area contributed by atoms with E-state index in [4.69, 9.17) is 5.10 Å². The van der Waals surface area contributed by atoms with Crippen molar-refractivity contribution in [2.45, 2.75) is 39.2 Å². The zero-order valence-electron chi connectivity index (χ0n) is 13.6. The number of aromatic nitrogens is 4. The van der Waals surface area contributed by atoms with E-state index in [1.807, 2.05) is 10.9 Å². The Bertz CT molecular complexity index is 866. The molecule has 0 fully saturated rings. The topological polar surface area (TPSA) is 66.7 Å². The average molecular weight is 308 g/mol. The van der Waals surface area contributed by atoms with E-state index in [9.17, 15) is 5.11 Å². The molecule has 0 spiro atoms. The van der Waals surface area contributed by atoms with Crippen LogP contribution < -0.4 is 0 Å². The number of hydrogen-bond donors (Lipinski definition) is 2. The Morgan fingerprint density at radius 2 is 1.91 bits per heavy atom. The van der Waals surface area contributed by atoms with Crippen molar-refractivity contribution in [1.29, 1.82) is 0 Å². The second-order valence-corrected chi connectivity index (χ2v) is 6.74. The maximum atomic E-state index is 10.5. The number of aromatic amines is 1. The van der Waals surface area contributed by atoms with Crippen molar-refractivity contribution in [3.63, 3.8) is 0 Å². The molecule has 4 rings (SSSR count). The summed E-state index contributed by atoms with van der Waals surface area (Å²) in [5.74, 6) is 0. The number of fused-ring (bicyclic) bond motifs is 3. The quantitative estimate of drug-likeness (QED) is 0.765. The second kappa shape index (κ2) is 4.80. The maximum Gasteiger partial charge on any atom is 0.103 e. The van der Waals surface area contributed by atoms with Crippen LogP contribution in [0.2, 0.25) is 0 Å². The zero-order chi connectivity index (χ0) is 16.2. The molecule has 0 aliphatic heterocycles. The van der Waals surface area contributed by atoms with E-state index >= 15 is 0 Å². The van der Waals surface area contributed by atoms with Gasteiger partial charge >= 0.3 is 0 Å². The highest BCUT2D eigenvalue weighted by molar-refractivity contribution is 5.71. The van der Waals surface area contributed by atoms with Gasteiger partial charge < -0.3 is 5.11 Å². The third-order valence-corrected chi connectivity index (χ3v) is 4.44. The van der Waals surface area contributed by atoms with Crippen LogP contribution in [0.15, 0.2) is 30.5 Å². The number of aryl methyl sites for hydroxylation is 2. The molecule has 0 bridgehead atoms. The molecule has 23 heavy (non-hydrogen) atoms. The summed E-state index contributed by atoms with van der Waals surface area (Å²) in [6.45, 7) is 5.65. The number of nitrogens with one attached hydrogen (secondary N) is 1. The molecule has 0 saturated heterocycles. The third-order valence-electron chi connectivity index (χ3n) is 4.44. The first-order chi connectivity index (χ1) is 10.9. The van der Waals surface area contributed by atoms with Gasteiger partial charge in [-0.15, -0.1) is 0 Å². The lowest BCUT2D eigenvalue weighted by molar-refractivity contribution is 0.0725. The van der Waals surface area contributed by atoms with Gasteiger partial charge in [-0.2, -0.15) is 10.2 Å². The normalized spacial score (nSPS) is 13.7. The van der Waals surface area contributed by atoms with Crippen LogP contribution in [0.25, 0.3) is 16.9 Å². The van der Waals surface area contributed by atoms with Crippen molar-refractivity contribution in [2.24, 2.45) is 0 Å². The summed E-state index contributed by atoms with van der Waals surface area (Å²) in [6, 6.07) is 8.27. The Balaban J connectivity index is 2.00. The van der Waals surface area contributed by atoms with Gasteiger partial charge in [-0.05, 0) is 45.7 Å². The summed E-state index contributed by atoms with van der Waals surface area (Å²) in [5.41, 5.74) is 6.36. The fourth-order valence-electron chi connectivity index (χ4n) is 3.29. The van der Waals surface area contributed by atoms with Gasteiger partial charge in [0.1, 0.15) is 5.60 Å². The first-order valence-corrected chi connectivity index (χ1v) is 7.89. The Labute approximate surface area is 135 Å². The van der Waals surface area contributed by atoms with Gasteiger partial charge in [0.15, 0.2) is 0 Å². The molecule has 118 valence electrons. The van der Waals surface area contributed by atoms with Crippen molar-refractivity contribution in [3.8, 4) is 16.9 Å². The highest BCUT2D eigenvalue weighted by Crippen LogP contribution is 2.38. The minimum Gasteiger partial charge on any atom is -0.384 e. The highest BCUT2D eigenvalue weighted by atomic mass is 16.3. The Kier molecular flexibility index (Phi) is 2.96. The summed E-state index contributed by atoms with van der Waals surface area (Å²) in [7, 11) is 0. The Morgan fingerprint density at radius 1 is 1.17 bits per heavy atom. The molecule has 2 heterocycles. The van der Waals surface area contributed by atoms with Crippen LogP contribution in [0.5, 0.6) is 0 Å². The minimum absolute atomic E-state index is 0.750. The highest BCUT2D eigenvalue weighted by Gasteiger charge is 2.32. The van der Waals surface area contributed by atoms with Gasteiger partial charge in [0.25, 0.3) is 0 Å². The predicted molar refractivity (Wildman–Crippen MR) is 88.5 cm³/mol. The number of hydrogen-bond acceptors (Lipinski definition) is 3. The van der Waals surface area contributed by atoms with Crippen LogP contribution in [-0.2, 0) is 18.4 Å². The lowest BCUT2D eigenvalue weighted by Crippen LogP contribution is -2.19. The van der Waals surface area contributed by atoms with Crippen molar-refractivity contribution >= 4 is 0 Å². The fourth-order valence-corrected chi connectivity index (χ4v) is 3.29. The van der Waals surface area contributed by atoms with Crippen LogP contribution >= 0.6 is 0 Å². The van der Waals surface area contributed by atoms with Crippen LogP contribution in [0.3, 0.4) is 0 Å². The van der Waals surface area contributed by atoms with E-state index < -0.39 is 5.60 Å². The molecule has 0 unspecified atom stereocenters. The predicted octanol–water partition coefficient (Wildman–Crippen LogP) is 2.90. The monoisotopic (exact) mass is 308 g/mol. The average Bonchev–Trinajstić information content (AvgIpc) is 3.10. The molecule has 1 aromatic carbocycles. The Hall–Kier alpha value is -2.40. The lowest BCUT2D eigenvalue weighted by atomic mass is 9.89. The minimum atomic E-state index is -0.971. The van der Waals surface area contributed by atoms with Crippen LogP contribution in [0.4, 0.5) is 0 Å². The van der Waals surface area contributed by atoms with Crippen LogP contribution in [-0.4, -0.2) is 25.1 Å². The second-order valence-electron chi connectivity index (χ2n) is 6.74. The molecule has 2 aromatic heterocycles. The molecule has 5 heteroatoms. The van der Waals surface area contributed by atoms with Crippen molar-refractivity contribution in [3.05, 3.63) is 53.0 Å². The molecule has 1 aliphatic carbocycles. The van der Waals surface area contributed by atoms with Gasteiger partial charge in [-0.1, -0.05) is 17.7 Å². The molecule has 0 amide bonds. The number of aliphatic hydroxyl groups is 1. The first kappa shape index (κ1) is 14.2. The van der Waals surface area contributed by atoms with Crippen LogP contribution in [0.1, 0.15) is 36.4 Å². The third kappa shape index (κ3) is 2.19. The number of H-pyrrole nitrogens is 1. The summed E-state index contributed by atoms with van der Waals surface area (Å²) in [4.78, 5) is 0. The van der Waals surface area contributed by atoms with Gasteiger partial charge in [0, 0.05) is 16.8 Å². The van der Waals surface area contributed by atoms with Crippen molar-refractivity contribution in [2.75, 3.05) is 0 Å². The summed E-state index contributed by atoms with van der Waals surface area (Å²) in [6.07, 6.45) is 3.61. The number of nitrogens with zero attached hydrogens (tertiary/aromatic N) is 3. The van der Waals surface area contributed by atoms with Crippen molar-refractivity contribution in [1.82, 2.24) is 20.0 Å². The molecule has 2 N–H and O–H groups in total. The van der Waals surface area contributed by atoms with E-state index in [2.05, 4.69) is 41.4 Å². The van der Waals surface area contributed by atoms with Gasteiger partial charge in [0.2, 0.25) is 0 Å². The van der Waals surface area contributed by atoms with E-state index in [0.717, 1.165) is 46.7 Å². The van der Waals surface area contributed by atoms with Crippen LogP contribution in [0, 0.1) is 6.92 Å². The summed E-state index contributed by atoms with van der Waals surface area (Å²) in [5, 5.41) is 22.6. The molecular weight excluding hydrogens is 288 g/mol. The lowest BCUT2D eigenvalue weighted by Gasteiger charge is -2.18. The molecule has 5 nitrogen and oxygen atoms in total. The largest absolute Gasteiger partial charge is 0.384 e. The fraction of sp³-hybridized carbons (Fsp3) is 0.333. The SMILES string of the molecule is Cc1ccc(-n2nc(C(C)(C)O)c3c2-c2cn[nH]c2CC3)cc1. The van der Waals surface area contributed by atoms with E-state index in [-0.39, 0.29) is 0 Å². The smallest absolute Gasteiger partial charge is 0.103 e. The van der Waals surface area contributed by atoms with E-state index in [1.54, 1.807) is 13.8 Å². The molecule has 0 atom stereocenters. The molecular formula is C18H20N4O. The number of benzene rings is 1. The van der Waals surface area contributed by atoms with E-state index in [1.165, 1.54) is 5.56 Å². The van der Waals surface area contributed by atoms with E-state index in [0.29, 0.717) is 0 Å². The number of rotatable bonds is 2. The standard InChI is InChI=1S/C18H20N4O/c1-11-4-6-12(7-5-11)22-16-13(17(21-22)18(2,3)23)8-9-15-14(16)10-19-20-15/h4-7,10,23H,8-9H2,1-3H3,(H,19,20). The summed E-state index contributed by atoms with van der Waals surface area (Å²) >= 11 is 0. The molecule has 1 aliphatic rings. The first-order valence-electron chi connectivity index (χ1n) is 7.89.